The quantitative estimate of drug-likeness (QED) is 0.648. The van der Waals surface area contributed by atoms with E-state index in [2.05, 4.69) is 20.5 Å². The summed E-state index contributed by atoms with van der Waals surface area (Å²) >= 11 is 0. The number of rotatable bonds is 3. The topological polar surface area (TPSA) is 87.2 Å². The molecule has 1 aromatic heterocycles. The molecule has 1 aromatic carbocycles. The number of aryl methyl sites for hydroxylation is 2. The zero-order valence-corrected chi connectivity index (χ0v) is 11.2. The van der Waals surface area contributed by atoms with Gasteiger partial charge >= 0.3 is 5.69 Å². The predicted octanol–water partition coefficient (Wildman–Crippen LogP) is 1.15. The van der Waals surface area contributed by atoms with Gasteiger partial charge in [-0.1, -0.05) is 29.8 Å². The van der Waals surface area contributed by atoms with Gasteiger partial charge in [-0.15, -0.1) is 0 Å². The van der Waals surface area contributed by atoms with Crippen LogP contribution in [-0.4, -0.2) is 22.1 Å². The Balaban J connectivity index is 2.07. The molecule has 0 saturated carbocycles. The van der Waals surface area contributed by atoms with E-state index in [9.17, 15) is 9.59 Å². The monoisotopic (exact) mass is 270 g/mol. The molecule has 1 amide bonds. The standard InChI is InChI=1S/C14H14N4O2/c1-9-4-3-5-11(6-9)8-15-18-13(19)12-7-10(2)16-14(20)17-12/h3-8H,1-2H3,(H,18,19)(H,16,17,20)/b15-8+. The Kier molecular flexibility index (Phi) is 4.05. The average Bonchev–Trinajstić information content (AvgIpc) is 2.37. The molecule has 102 valence electrons. The van der Waals surface area contributed by atoms with E-state index in [1.165, 1.54) is 12.3 Å². The fraction of sp³-hybridized carbons (Fsp3) is 0.143. The molecule has 0 spiro atoms. The summed E-state index contributed by atoms with van der Waals surface area (Å²) in [6.45, 7) is 3.65. The maximum absolute atomic E-state index is 11.8. The number of aromatic nitrogens is 2. The van der Waals surface area contributed by atoms with Crippen LogP contribution >= 0.6 is 0 Å². The molecule has 0 bridgehead atoms. The Bertz CT molecular complexity index is 719. The second-order valence-electron chi connectivity index (χ2n) is 4.37. The molecule has 0 atom stereocenters. The van der Waals surface area contributed by atoms with Crippen LogP contribution in [0.5, 0.6) is 0 Å². The van der Waals surface area contributed by atoms with Crippen molar-refractivity contribution in [1.82, 2.24) is 15.4 Å². The number of benzene rings is 1. The molecule has 0 aliphatic carbocycles. The first-order chi connectivity index (χ1) is 9.54. The Morgan fingerprint density at radius 1 is 1.35 bits per heavy atom. The van der Waals surface area contributed by atoms with Crippen LogP contribution in [-0.2, 0) is 0 Å². The molecular weight excluding hydrogens is 256 g/mol. The van der Waals surface area contributed by atoms with Crippen molar-refractivity contribution in [2.45, 2.75) is 13.8 Å². The second kappa shape index (κ2) is 5.92. The van der Waals surface area contributed by atoms with Crippen molar-refractivity contribution < 1.29 is 4.79 Å². The van der Waals surface area contributed by atoms with Gasteiger partial charge in [0.05, 0.1) is 6.21 Å². The summed E-state index contributed by atoms with van der Waals surface area (Å²) in [5.74, 6) is -0.525. The van der Waals surface area contributed by atoms with Crippen LogP contribution in [0.2, 0.25) is 0 Å². The minimum absolute atomic E-state index is 0.0349. The van der Waals surface area contributed by atoms with Gasteiger partial charge in [0.1, 0.15) is 5.69 Å². The van der Waals surface area contributed by atoms with Crippen molar-refractivity contribution in [2.24, 2.45) is 5.10 Å². The van der Waals surface area contributed by atoms with Crippen molar-refractivity contribution in [2.75, 3.05) is 0 Å². The molecule has 0 aliphatic rings. The molecule has 2 N–H and O–H groups in total. The van der Waals surface area contributed by atoms with Crippen molar-refractivity contribution in [3.63, 3.8) is 0 Å². The number of nitrogens with zero attached hydrogens (tertiary/aromatic N) is 2. The highest BCUT2D eigenvalue weighted by molar-refractivity contribution is 5.93. The molecule has 0 saturated heterocycles. The number of hydrogen-bond donors (Lipinski definition) is 2. The Morgan fingerprint density at radius 3 is 2.85 bits per heavy atom. The van der Waals surface area contributed by atoms with Gasteiger partial charge in [-0.3, -0.25) is 4.79 Å². The molecule has 2 aromatic rings. The number of hydrazone groups is 1. The van der Waals surface area contributed by atoms with Gasteiger partial charge in [0.2, 0.25) is 0 Å². The van der Waals surface area contributed by atoms with Crippen molar-refractivity contribution in [3.05, 3.63) is 63.3 Å². The molecule has 20 heavy (non-hydrogen) atoms. The van der Waals surface area contributed by atoms with Crippen LogP contribution < -0.4 is 11.1 Å². The molecule has 0 radical (unpaired) electrons. The third kappa shape index (κ3) is 3.61. The fourth-order valence-corrected chi connectivity index (χ4v) is 1.67. The number of H-pyrrole nitrogens is 1. The fourth-order valence-electron chi connectivity index (χ4n) is 1.67. The van der Waals surface area contributed by atoms with Crippen molar-refractivity contribution in [1.29, 1.82) is 0 Å². The Hall–Kier alpha value is -2.76. The lowest BCUT2D eigenvalue weighted by molar-refractivity contribution is 0.0949. The first kappa shape index (κ1) is 13.7. The highest BCUT2D eigenvalue weighted by Crippen LogP contribution is 2.00. The number of hydrogen-bond acceptors (Lipinski definition) is 4. The molecule has 0 unspecified atom stereocenters. The first-order valence-electron chi connectivity index (χ1n) is 6.02. The highest BCUT2D eigenvalue weighted by Gasteiger charge is 2.07. The van der Waals surface area contributed by atoms with Gasteiger partial charge in [-0.25, -0.2) is 10.2 Å². The molecule has 1 heterocycles. The molecule has 2 rings (SSSR count). The molecule has 6 nitrogen and oxygen atoms in total. The molecular formula is C14H14N4O2. The van der Waals surface area contributed by atoms with Crippen LogP contribution in [0.3, 0.4) is 0 Å². The minimum Gasteiger partial charge on any atom is -0.310 e. The summed E-state index contributed by atoms with van der Waals surface area (Å²) in [5, 5.41) is 3.84. The van der Waals surface area contributed by atoms with Crippen LogP contribution in [0.25, 0.3) is 0 Å². The lowest BCUT2D eigenvalue weighted by Gasteiger charge is -2.00. The number of carbonyl (C=O) groups excluding carboxylic acids is 1. The lowest BCUT2D eigenvalue weighted by atomic mass is 10.2. The molecule has 6 heteroatoms. The van der Waals surface area contributed by atoms with Gasteiger partial charge in [-0.2, -0.15) is 10.1 Å². The van der Waals surface area contributed by atoms with E-state index in [-0.39, 0.29) is 5.69 Å². The highest BCUT2D eigenvalue weighted by atomic mass is 16.2. The summed E-state index contributed by atoms with van der Waals surface area (Å²) in [6.07, 6.45) is 1.53. The van der Waals surface area contributed by atoms with Crippen molar-refractivity contribution in [3.8, 4) is 0 Å². The van der Waals surface area contributed by atoms with E-state index in [1.807, 2.05) is 31.2 Å². The summed E-state index contributed by atoms with van der Waals surface area (Å²) in [4.78, 5) is 29.0. The van der Waals surface area contributed by atoms with Gasteiger partial charge in [0, 0.05) is 5.69 Å². The minimum atomic E-state index is -0.558. The Labute approximate surface area is 115 Å². The number of amides is 1. The average molecular weight is 270 g/mol. The van der Waals surface area contributed by atoms with Crippen molar-refractivity contribution >= 4 is 12.1 Å². The van der Waals surface area contributed by atoms with E-state index in [0.717, 1.165) is 11.1 Å². The zero-order valence-electron chi connectivity index (χ0n) is 11.2. The maximum atomic E-state index is 11.8. The van der Waals surface area contributed by atoms with Gasteiger partial charge in [0.15, 0.2) is 0 Å². The van der Waals surface area contributed by atoms with Crippen LogP contribution in [0.15, 0.2) is 40.2 Å². The van der Waals surface area contributed by atoms with E-state index >= 15 is 0 Å². The first-order valence-corrected chi connectivity index (χ1v) is 6.02. The third-order valence-corrected chi connectivity index (χ3v) is 2.53. The van der Waals surface area contributed by atoms with E-state index in [4.69, 9.17) is 0 Å². The van der Waals surface area contributed by atoms with Crippen LogP contribution in [0.4, 0.5) is 0 Å². The number of aromatic amines is 1. The molecule has 0 aliphatic heterocycles. The smallest absolute Gasteiger partial charge is 0.310 e. The summed E-state index contributed by atoms with van der Waals surface area (Å²) in [7, 11) is 0. The second-order valence-corrected chi connectivity index (χ2v) is 4.37. The van der Waals surface area contributed by atoms with E-state index in [1.54, 1.807) is 6.92 Å². The van der Waals surface area contributed by atoms with E-state index < -0.39 is 11.6 Å². The molecule has 0 fully saturated rings. The largest absolute Gasteiger partial charge is 0.345 e. The maximum Gasteiger partial charge on any atom is 0.345 e. The van der Waals surface area contributed by atoms with Crippen LogP contribution in [0.1, 0.15) is 27.3 Å². The SMILES string of the molecule is Cc1cccc(/C=N/NC(=O)c2cc(C)[nH]c(=O)n2)c1. The summed E-state index contributed by atoms with van der Waals surface area (Å²) in [6, 6.07) is 9.17. The zero-order chi connectivity index (χ0) is 14.5. The van der Waals surface area contributed by atoms with Gasteiger partial charge in [0.25, 0.3) is 5.91 Å². The third-order valence-electron chi connectivity index (χ3n) is 2.53. The van der Waals surface area contributed by atoms with Crippen LogP contribution in [0, 0.1) is 13.8 Å². The normalized spacial score (nSPS) is 10.7. The lowest BCUT2D eigenvalue weighted by Crippen LogP contribution is -2.24. The van der Waals surface area contributed by atoms with Gasteiger partial charge < -0.3 is 4.98 Å². The van der Waals surface area contributed by atoms with Gasteiger partial charge in [-0.05, 0) is 25.5 Å². The predicted molar refractivity (Wildman–Crippen MR) is 75.8 cm³/mol. The number of nitrogens with one attached hydrogen (secondary N) is 2. The Morgan fingerprint density at radius 2 is 2.15 bits per heavy atom. The summed E-state index contributed by atoms with van der Waals surface area (Å²) < 4.78 is 0. The number of carbonyl (C=O) groups is 1. The van der Waals surface area contributed by atoms with E-state index in [0.29, 0.717) is 5.69 Å². The summed E-state index contributed by atoms with van der Waals surface area (Å²) in [5.41, 5.74) is 4.36.